The zero-order chi connectivity index (χ0) is 14.4. The smallest absolute Gasteiger partial charge is 0.191 e. The Kier molecular flexibility index (Phi) is 8.58. The van der Waals surface area contributed by atoms with Crippen molar-refractivity contribution in [2.45, 2.75) is 32.4 Å². The first-order chi connectivity index (χ1) is 9.70. The quantitative estimate of drug-likeness (QED) is 0.403. The van der Waals surface area contributed by atoms with Crippen molar-refractivity contribution in [2.75, 3.05) is 27.2 Å². The lowest BCUT2D eigenvalue weighted by atomic mass is 10.1. The summed E-state index contributed by atoms with van der Waals surface area (Å²) < 4.78 is 0. The van der Waals surface area contributed by atoms with Crippen molar-refractivity contribution < 1.29 is 0 Å². The Morgan fingerprint density at radius 2 is 2.19 bits per heavy atom. The highest BCUT2D eigenvalue weighted by molar-refractivity contribution is 14.0. The second kappa shape index (κ2) is 9.63. The van der Waals surface area contributed by atoms with E-state index in [0.717, 1.165) is 31.5 Å². The largest absolute Gasteiger partial charge is 0.357 e. The van der Waals surface area contributed by atoms with E-state index < -0.39 is 0 Å². The van der Waals surface area contributed by atoms with Gasteiger partial charge in [0.05, 0.1) is 6.54 Å². The Balaban J connectivity index is 0.00000220. The summed E-state index contributed by atoms with van der Waals surface area (Å²) in [7, 11) is 4.33. The van der Waals surface area contributed by atoms with Crippen molar-refractivity contribution >= 4 is 41.3 Å². The molecule has 1 saturated carbocycles. The Hall–Kier alpha value is -0.340. The summed E-state index contributed by atoms with van der Waals surface area (Å²) >= 11 is 1.72. The zero-order valence-corrected chi connectivity index (χ0v) is 16.3. The van der Waals surface area contributed by atoms with E-state index in [1.54, 1.807) is 11.3 Å². The van der Waals surface area contributed by atoms with Gasteiger partial charge < -0.3 is 15.5 Å². The zero-order valence-electron chi connectivity index (χ0n) is 13.1. The maximum Gasteiger partial charge on any atom is 0.191 e. The molecule has 1 atom stereocenters. The summed E-state index contributed by atoms with van der Waals surface area (Å²) in [6, 6.07) is 2.74. The van der Waals surface area contributed by atoms with Crippen LogP contribution < -0.4 is 10.6 Å². The number of guanidine groups is 1. The van der Waals surface area contributed by atoms with E-state index >= 15 is 0 Å². The third kappa shape index (κ3) is 6.52. The van der Waals surface area contributed by atoms with Gasteiger partial charge in [0.25, 0.3) is 0 Å². The van der Waals surface area contributed by atoms with Crippen LogP contribution in [0.25, 0.3) is 0 Å². The minimum Gasteiger partial charge on any atom is -0.357 e. The number of rotatable bonds is 7. The molecule has 120 valence electrons. The highest BCUT2D eigenvalue weighted by Gasteiger charge is 2.32. The lowest BCUT2D eigenvalue weighted by Gasteiger charge is -2.25. The van der Waals surface area contributed by atoms with Gasteiger partial charge in [-0.1, -0.05) is 0 Å². The van der Waals surface area contributed by atoms with Crippen LogP contribution in [-0.4, -0.2) is 44.1 Å². The van der Waals surface area contributed by atoms with E-state index in [1.165, 1.54) is 18.4 Å². The van der Waals surface area contributed by atoms with Crippen LogP contribution in [-0.2, 0) is 6.54 Å². The van der Waals surface area contributed by atoms with Crippen molar-refractivity contribution in [3.63, 3.8) is 0 Å². The molecule has 0 saturated heterocycles. The third-order valence-electron chi connectivity index (χ3n) is 3.65. The molecule has 1 unspecified atom stereocenters. The van der Waals surface area contributed by atoms with Crippen LogP contribution in [0.15, 0.2) is 21.8 Å². The summed E-state index contributed by atoms with van der Waals surface area (Å²) in [4.78, 5) is 6.98. The molecule has 0 aromatic carbocycles. The summed E-state index contributed by atoms with van der Waals surface area (Å²) in [5, 5.41) is 11.1. The fourth-order valence-corrected chi connectivity index (χ4v) is 3.01. The topological polar surface area (TPSA) is 39.7 Å². The van der Waals surface area contributed by atoms with Crippen molar-refractivity contribution in [2.24, 2.45) is 10.9 Å². The average molecular weight is 422 g/mol. The number of nitrogens with zero attached hydrogens (tertiary/aromatic N) is 2. The fourth-order valence-electron chi connectivity index (χ4n) is 2.35. The fraction of sp³-hybridized carbons (Fsp3) is 0.667. The van der Waals surface area contributed by atoms with Gasteiger partial charge in [-0.05, 0) is 62.2 Å². The van der Waals surface area contributed by atoms with Crippen LogP contribution in [0.5, 0.6) is 0 Å². The van der Waals surface area contributed by atoms with Crippen LogP contribution in [0.2, 0.25) is 0 Å². The van der Waals surface area contributed by atoms with Crippen LogP contribution in [0.4, 0.5) is 0 Å². The second-order valence-corrected chi connectivity index (χ2v) is 6.36. The molecule has 2 N–H and O–H groups in total. The van der Waals surface area contributed by atoms with E-state index in [9.17, 15) is 0 Å². The first-order valence-electron chi connectivity index (χ1n) is 7.40. The number of hydrogen-bond acceptors (Lipinski definition) is 3. The van der Waals surface area contributed by atoms with Gasteiger partial charge in [0.1, 0.15) is 0 Å². The highest BCUT2D eigenvalue weighted by Crippen LogP contribution is 2.34. The van der Waals surface area contributed by atoms with E-state index in [-0.39, 0.29) is 24.0 Å². The minimum absolute atomic E-state index is 0. The number of aliphatic imine (C=N–C) groups is 1. The molecule has 0 radical (unpaired) electrons. The molecule has 21 heavy (non-hydrogen) atoms. The lowest BCUT2D eigenvalue weighted by molar-refractivity contribution is 0.264. The van der Waals surface area contributed by atoms with Crippen molar-refractivity contribution in [3.05, 3.63) is 22.4 Å². The van der Waals surface area contributed by atoms with Crippen LogP contribution >= 0.6 is 35.3 Å². The third-order valence-corrected chi connectivity index (χ3v) is 4.38. The molecule has 1 aliphatic rings. The van der Waals surface area contributed by atoms with E-state index in [2.05, 4.69) is 58.4 Å². The van der Waals surface area contributed by atoms with Crippen molar-refractivity contribution in [1.82, 2.24) is 15.5 Å². The molecular formula is C15H27IN4S. The van der Waals surface area contributed by atoms with E-state index in [1.807, 2.05) is 0 Å². The Labute approximate surface area is 149 Å². The van der Waals surface area contributed by atoms with Crippen molar-refractivity contribution in [3.8, 4) is 0 Å². The molecule has 0 amide bonds. The number of hydrogen-bond donors (Lipinski definition) is 2. The maximum atomic E-state index is 4.65. The SMILES string of the molecule is CCNC(=NCc1ccsc1)NCC(C1CC1)N(C)C.I. The molecule has 2 rings (SSSR count). The Morgan fingerprint density at radius 1 is 1.43 bits per heavy atom. The predicted octanol–water partition coefficient (Wildman–Crippen LogP) is 2.76. The number of likely N-dealkylation sites (N-methyl/N-ethyl adjacent to an activating group) is 1. The lowest BCUT2D eigenvalue weighted by Crippen LogP contribution is -2.46. The summed E-state index contributed by atoms with van der Waals surface area (Å²) in [5.74, 6) is 1.78. The molecule has 0 aliphatic heterocycles. The maximum absolute atomic E-state index is 4.65. The van der Waals surface area contributed by atoms with Gasteiger partial charge in [-0.2, -0.15) is 11.3 Å². The predicted molar refractivity (Wildman–Crippen MR) is 103 cm³/mol. The molecule has 1 aromatic heterocycles. The summed E-state index contributed by atoms with van der Waals surface area (Å²) in [6.45, 7) is 4.71. The number of nitrogens with one attached hydrogen (secondary N) is 2. The highest BCUT2D eigenvalue weighted by atomic mass is 127. The number of thiophene rings is 1. The van der Waals surface area contributed by atoms with E-state index in [0.29, 0.717) is 6.04 Å². The van der Waals surface area contributed by atoms with E-state index in [4.69, 9.17) is 0 Å². The van der Waals surface area contributed by atoms with Crippen LogP contribution in [0, 0.1) is 5.92 Å². The molecule has 1 aliphatic carbocycles. The van der Waals surface area contributed by atoms with Gasteiger partial charge in [0, 0.05) is 19.1 Å². The Bertz CT molecular complexity index is 413. The second-order valence-electron chi connectivity index (χ2n) is 5.58. The van der Waals surface area contributed by atoms with Gasteiger partial charge in [0.15, 0.2) is 5.96 Å². The molecular weight excluding hydrogens is 395 g/mol. The molecule has 0 bridgehead atoms. The standard InChI is InChI=1S/C15H26N4S.HI/c1-4-16-15(17-9-12-7-8-20-11-12)18-10-14(19(2)3)13-5-6-13;/h7-8,11,13-14H,4-6,9-10H2,1-3H3,(H2,16,17,18);1H. The monoisotopic (exact) mass is 422 g/mol. The molecule has 4 nitrogen and oxygen atoms in total. The molecule has 1 heterocycles. The van der Waals surface area contributed by atoms with Gasteiger partial charge in [-0.25, -0.2) is 4.99 Å². The first-order valence-corrected chi connectivity index (χ1v) is 8.34. The van der Waals surface area contributed by atoms with Gasteiger partial charge in [-0.15, -0.1) is 24.0 Å². The summed E-state index contributed by atoms with van der Waals surface area (Å²) in [5.41, 5.74) is 1.28. The molecule has 0 spiro atoms. The van der Waals surface area contributed by atoms with Crippen LogP contribution in [0.1, 0.15) is 25.3 Å². The normalized spacial score (nSPS) is 16.5. The van der Waals surface area contributed by atoms with Gasteiger partial charge in [0.2, 0.25) is 0 Å². The number of halogens is 1. The summed E-state index contributed by atoms with van der Waals surface area (Å²) in [6.07, 6.45) is 2.74. The Morgan fingerprint density at radius 3 is 2.71 bits per heavy atom. The van der Waals surface area contributed by atoms with Crippen LogP contribution in [0.3, 0.4) is 0 Å². The molecule has 6 heteroatoms. The molecule has 1 fully saturated rings. The molecule has 1 aromatic rings. The first kappa shape index (κ1) is 18.7. The van der Waals surface area contributed by atoms with Gasteiger partial charge in [-0.3, -0.25) is 0 Å². The average Bonchev–Trinajstić information content (AvgIpc) is 3.11. The minimum atomic E-state index is 0. The van der Waals surface area contributed by atoms with Gasteiger partial charge >= 0.3 is 0 Å². The van der Waals surface area contributed by atoms with Crippen molar-refractivity contribution in [1.29, 1.82) is 0 Å².